The molecule has 0 radical (unpaired) electrons. The molecule has 0 aromatic rings. The van der Waals surface area contributed by atoms with Crippen molar-refractivity contribution in [2.24, 2.45) is 5.92 Å². The van der Waals surface area contributed by atoms with Crippen molar-refractivity contribution in [2.45, 2.75) is 0 Å². The third kappa shape index (κ3) is 1.59. The molecular formula is C5H2N4. The summed E-state index contributed by atoms with van der Waals surface area (Å²) in [5.41, 5.74) is -0.500. The van der Waals surface area contributed by atoms with Gasteiger partial charge in [-0.05, 0) is 0 Å². The third-order valence-electron chi connectivity index (χ3n) is 0.667. The molecule has 0 bridgehead atoms. The minimum absolute atomic E-state index is 0.500. The molecule has 0 saturated carbocycles. The summed E-state index contributed by atoms with van der Waals surface area (Å²) in [6.07, 6.45) is 0. The first-order chi connectivity index (χ1) is 4.26. The normalized spacial score (nSPS) is 6.89. The lowest BCUT2D eigenvalue weighted by atomic mass is 10.1. The SMILES string of the molecule is N#CC(=N)C(C#N)C#N. The number of nitrogens with one attached hydrogen (secondary N) is 1. The number of rotatable bonds is 1. The van der Waals surface area contributed by atoms with Gasteiger partial charge < -0.3 is 0 Å². The first-order valence-corrected chi connectivity index (χ1v) is 2.04. The summed E-state index contributed by atoms with van der Waals surface area (Å²) in [7, 11) is 0. The van der Waals surface area contributed by atoms with E-state index in [0.29, 0.717) is 0 Å². The lowest BCUT2D eigenvalue weighted by Crippen LogP contribution is -2.05. The fourth-order valence-electron chi connectivity index (χ4n) is 0.223. The van der Waals surface area contributed by atoms with Gasteiger partial charge in [0.1, 0.15) is 11.8 Å². The van der Waals surface area contributed by atoms with Gasteiger partial charge in [-0.25, -0.2) is 0 Å². The highest BCUT2D eigenvalue weighted by molar-refractivity contribution is 6.00. The van der Waals surface area contributed by atoms with Crippen LogP contribution in [0.2, 0.25) is 0 Å². The van der Waals surface area contributed by atoms with E-state index in [-0.39, 0.29) is 0 Å². The molecule has 4 nitrogen and oxygen atoms in total. The van der Waals surface area contributed by atoms with Crippen LogP contribution in [-0.2, 0) is 0 Å². The summed E-state index contributed by atoms with van der Waals surface area (Å²) >= 11 is 0. The van der Waals surface area contributed by atoms with Gasteiger partial charge in [0.25, 0.3) is 0 Å². The fraction of sp³-hybridized carbons (Fsp3) is 0.200. The fourth-order valence-corrected chi connectivity index (χ4v) is 0.223. The molecule has 0 spiro atoms. The predicted octanol–water partition coefficient (Wildman–Crippen LogP) is 0.193. The van der Waals surface area contributed by atoms with Gasteiger partial charge in [0, 0.05) is 0 Å². The zero-order valence-corrected chi connectivity index (χ0v) is 4.42. The standard InChI is InChI=1S/C5H2N4/c6-1-4(2-7)5(9)3-8/h4,9H. The summed E-state index contributed by atoms with van der Waals surface area (Å²) in [6.45, 7) is 0. The molecule has 0 aliphatic carbocycles. The highest BCUT2D eigenvalue weighted by atomic mass is 14.5. The number of nitriles is 3. The molecule has 0 aromatic carbocycles. The van der Waals surface area contributed by atoms with Crippen LogP contribution in [-0.4, -0.2) is 5.71 Å². The Balaban J connectivity index is 4.27. The van der Waals surface area contributed by atoms with Crippen molar-refractivity contribution in [1.82, 2.24) is 0 Å². The molecule has 0 aliphatic rings. The van der Waals surface area contributed by atoms with Gasteiger partial charge in [-0.2, -0.15) is 15.8 Å². The minimum atomic E-state index is -1.20. The van der Waals surface area contributed by atoms with Gasteiger partial charge in [0.05, 0.1) is 12.1 Å². The molecule has 0 unspecified atom stereocenters. The molecule has 0 fully saturated rings. The molecule has 0 heterocycles. The number of hydrogen-bond donors (Lipinski definition) is 1. The van der Waals surface area contributed by atoms with Crippen LogP contribution in [0.15, 0.2) is 0 Å². The van der Waals surface area contributed by atoms with E-state index in [1.165, 1.54) is 18.2 Å². The molecule has 0 amide bonds. The van der Waals surface area contributed by atoms with Gasteiger partial charge in [0.2, 0.25) is 0 Å². The van der Waals surface area contributed by atoms with E-state index in [9.17, 15) is 0 Å². The van der Waals surface area contributed by atoms with E-state index in [0.717, 1.165) is 0 Å². The zero-order valence-electron chi connectivity index (χ0n) is 4.42. The average Bonchev–Trinajstić information content (AvgIpc) is 1.90. The maximum Gasteiger partial charge on any atom is 0.184 e. The summed E-state index contributed by atoms with van der Waals surface area (Å²) in [4.78, 5) is 0. The largest absolute Gasteiger partial charge is 0.292 e. The maximum absolute atomic E-state index is 8.06. The molecule has 0 rings (SSSR count). The Kier molecular flexibility index (Phi) is 2.52. The first-order valence-electron chi connectivity index (χ1n) is 2.04. The molecule has 4 heteroatoms. The van der Waals surface area contributed by atoms with Crippen LogP contribution in [0.25, 0.3) is 0 Å². The molecule has 9 heavy (non-hydrogen) atoms. The van der Waals surface area contributed by atoms with Crippen molar-refractivity contribution in [2.75, 3.05) is 0 Å². The molecule has 0 atom stereocenters. The van der Waals surface area contributed by atoms with E-state index in [4.69, 9.17) is 21.2 Å². The lowest BCUT2D eigenvalue weighted by molar-refractivity contribution is 1.14. The highest BCUT2D eigenvalue weighted by Gasteiger charge is 2.10. The van der Waals surface area contributed by atoms with Crippen LogP contribution < -0.4 is 0 Å². The van der Waals surface area contributed by atoms with Crippen LogP contribution in [0.3, 0.4) is 0 Å². The van der Waals surface area contributed by atoms with Crippen molar-refractivity contribution >= 4 is 5.71 Å². The Bertz CT molecular complexity index is 219. The van der Waals surface area contributed by atoms with E-state index >= 15 is 0 Å². The second kappa shape index (κ2) is 3.18. The van der Waals surface area contributed by atoms with E-state index < -0.39 is 11.6 Å². The van der Waals surface area contributed by atoms with Crippen molar-refractivity contribution in [3.8, 4) is 18.2 Å². The number of hydrogen-bond acceptors (Lipinski definition) is 4. The Morgan fingerprint density at radius 3 is 1.78 bits per heavy atom. The minimum Gasteiger partial charge on any atom is -0.292 e. The summed E-state index contributed by atoms with van der Waals surface area (Å²) in [6, 6.07) is 4.39. The monoisotopic (exact) mass is 118 g/mol. The van der Waals surface area contributed by atoms with Gasteiger partial charge in [0.15, 0.2) is 5.92 Å². The van der Waals surface area contributed by atoms with Gasteiger partial charge >= 0.3 is 0 Å². The van der Waals surface area contributed by atoms with Crippen LogP contribution in [0.1, 0.15) is 0 Å². The summed E-state index contributed by atoms with van der Waals surface area (Å²) in [5.74, 6) is -1.20. The van der Waals surface area contributed by atoms with Crippen molar-refractivity contribution in [3.05, 3.63) is 0 Å². The van der Waals surface area contributed by atoms with Crippen LogP contribution in [0.4, 0.5) is 0 Å². The quantitative estimate of drug-likeness (QED) is 0.498. The van der Waals surface area contributed by atoms with Crippen molar-refractivity contribution in [1.29, 1.82) is 21.2 Å². The second-order valence-corrected chi connectivity index (χ2v) is 1.22. The summed E-state index contributed by atoms with van der Waals surface area (Å²) in [5, 5.41) is 30.8. The smallest absolute Gasteiger partial charge is 0.184 e. The topological polar surface area (TPSA) is 95.2 Å². The van der Waals surface area contributed by atoms with E-state index in [1.807, 2.05) is 0 Å². The van der Waals surface area contributed by atoms with Gasteiger partial charge in [-0.15, -0.1) is 0 Å². The second-order valence-electron chi connectivity index (χ2n) is 1.22. The Morgan fingerprint density at radius 2 is 1.67 bits per heavy atom. The van der Waals surface area contributed by atoms with Gasteiger partial charge in [-0.1, -0.05) is 0 Å². The van der Waals surface area contributed by atoms with Gasteiger partial charge in [-0.3, -0.25) is 5.41 Å². The van der Waals surface area contributed by atoms with Crippen LogP contribution >= 0.6 is 0 Å². The predicted molar refractivity (Wildman–Crippen MR) is 28.1 cm³/mol. The van der Waals surface area contributed by atoms with Crippen molar-refractivity contribution < 1.29 is 0 Å². The highest BCUT2D eigenvalue weighted by Crippen LogP contribution is 1.91. The molecule has 42 valence electrons. The van der Waals surface area contributed by atoms with Crippen LogP contribution in [0.5, 0.6) is 0 Å². The Morgan fingerprint density at radius 1 is 1.22 bits per heavy atom. The lowest BCUT2D eigenvalue weighted by Gasteiger charge is -1.86. The van der Waals surface area contributed by atoms with E-state index in [2.05, 4.69) is 0 Å². The zero-order chi connectivity index (χ0) is 7.28. The average molecular weight is 118 g/mol. The maximum atomic E-state index is 8.06. The molecular weight excluding hydrogens is 116 g/mol. The van der Waals surface area contributed by atoms with Crippen molar-refractivity contribution in [3.63, 3.8) is 0 Å². The Labute approximate surface area is 52.1 Å². The third-order valence-corrected chi connectivity index (χ3v) is 0.667. The molecule has 0 saturated heterocycles. The van der Waals surface area contributed by atoms with Crippen LogP contribution in [0, 0.1) is 45.3 Å². The molecule has 1 N–H and O–H groups in total. The Hall–Kier alpha value is -1.86. The molecule has 0 aromatic heterocycles. The molecule has 0 aliphatic heterocycles. The van der Waals surface area contributed by atoms with E-state index in [1.54, 1.807) is 0 Å². The first kappa shape index (κ1) is 7.14. The summed E-state index contributed by atoms with van der Waals surface area (Å²) < 4.78 is 0. The number of nitrogens with zero attached hydrogens (tertiary/aromatic N) is 3.